The minimum Gasteiger partial charge on any atom is -0.497 e. The molecule has 1 rings (SSSR count). The third-order valence-electron chi connectivity index (χ3n) is 3.09. The molecule has 2 atom stereocenters. The highest BCUT2D eigenvalue weighted by atomic mass is 35.5. The quantitative estimate of drug-likeness (QED) is 0.887. The van der Waals surface area contributed by atoms with Crippen LogP contribution in [0.2, 0.25) is 0 Å². The van der Waals surface area contributed by atoms with Gasteiger partial charge in [-0.2, -0.15) is 0 Å². The lowest BCUT2D eigenvalue weighted by molar-refractivity contribution is 0.133. The molecule has 1 aromatic carbocycles. The van der Waals surface area contributed by atoms with Crippen molar-refractivity contribution in [2.24, 2.45) is 11.1 Å². The standard InChI is InChI=1S/C14H23NO2.ClH/c1-14(2,3)13(15)9-12(16)10-5-7-11(17-4)8-6-10;/h5-8,12-13,16H,9,15H2,1-4H3;1H/t12-,13-;/m1./s1. The average molecular weight is 274 g/mol. The molecule has 0 aliphatic heterocycles. The van der Waals surface area contributed by atoms with Crippen LogP contribution in [-0.2, 0) is 0 Å². The highest BCUT2D eigenvalue weighted by Crippen LogP contribution is 2.27. The van der Waals surface area contributed by atoms with E-state index in [0.29, 0.717) is 6.42 Å². The Morgan fingerprint density at radius 2 is 1.72 bits per heavy atom. The van der Waals surface area contributed by atoms with E-state index in [-0.39, 0.29) is 23.9 Å². The Morgan fingerprint density at radius 1 is 1.22 bits per heavy atom. The first-order chi connectivity index (χ1) is 7.84. The number of nitrogens with two attached hydrogens (primary N) is 1. The summed E-state index contributed by atoms with van der Waals surface area (Å²) in [6.45, 7) is 6.25. The monoisotopic (exact) mass is 273 g/mol. The van der Waals surface area contributed by atoms with Gasteiger partial charge >= 0.3 is 0 Å². The Kier molecular flexibility index (Phi) is 6.68. The van der Waals surface area contributed by atoms with Gasteiger partial charge in [0.1, 0.15) is 5.75 Å². The second-order valence-electron chi connectivity index (χ2n) is 5.50. The van der Waals surface area contributed by atoms with Crippen LogP contribution in [0.4, 0.5) is 0 Å². The molecule has 0 saturated carbocycles. The van der Waals surface area contributed by atoms with Crippen LogP contribution >= 0.6 is 12.4 Å². The number of aliphatic hydroxyl groups excluding tert-OH is 1. The van der Waals surface area contributed by atoms with Crippen molar-refractivity contribution in [3.63, 3.8) is 0 Å². The van der Waals surface area contributed by atoms with Crippen LogP contribution in [-0.4, -0.2) is 18.3 Å². The van der Waals surface area contributed by atoms with E-state index >= 15 is 0 Å². The van der Waals surface area contributed by atoms with Crippen molar-refractivity contribution in [2.45, 2.75) is 39.3 Å². The van der Waals surface area contributed by atoms with E-state index < -0.39 is 6.10 Å². The molecular weight excluding hydrogens is 250 g/mol. The summed E-state index contributed by atoms with van der Waals surface area (Å²) in [7, 11) is 1.63. The predicted octanol–water partition coefficient (Wildman–Crippen LogP) is 2.91. The van der Waals surface area contributed by atoms with Crippen molar-refractivity contribution in [1.29, 1.82) is 0 Å². The van der Waals surface area contributed by atoms with E-state index in [1.807, 2.05) is 24.3 Å². The molecule has 4 heteroatoms. The van der Waals surface area contributed by atoms with E-state index in [4.69, 9.17) is 10.5 Å². The summed E-state index contributed by atoms with van der Waals surface area (Å²) in [5, 5.41) is 10.1. The SMILES string of the molecule is COc1ccc([C@H](O)C[C@@H](N)C(C)(C)C)cc1.Cl. The summed E-state index contributed by atoms with van der Waals surface area (Å²) in [6, 6.07) is 7.42. The van der Waals surface area contributed by atoms with Crippen LogP contribution in [0.3, 0.4) is 0 Å². The molecule has 0 bridgehead atoms. The topological polar surface area (TPSA) is 55.5 Å². The molecule has 104 valence electrons. The minimum absolute atomic E-state index is 0. The number of hydrogen-bond donors (Lipinski definition) is 2. The zero-order valence-corrected chi connectivity index (χ0v) is 12.3. The van der Waals surface area contributed by atoms with Crippen molar-refractivity contribution in [3.8, 4) is 5.75 Å². The Balaban J connectivity index is 0.00000289. The smallest absolute Gasteiger partial charge is 0.118 e. The molecule has 0 aromatic heterocycles. The van der Waals surface area contributed by atoms with Gasteiger partial charge < -0.3 is 15.6 Å². The van der Waals surface area contributed by atoms with Gasteiger partial charge in [0.05, 0.1) is 13.2 Å². The number of benzene rings is 1. The number of halogens is 1. The van der Waals surface area contributed by atoms with Gasteiger partial charge in [0.2, 0.25) is 0 Å². The normalized spacial score (nSPS) is 14.6. The minimum atomic E-state index is -0.518. The Morgan fingerprint density at radius 3 is 2.11 bits per heavy atom. The van der Waals surface area contributed by atoms with Gasteiger partial charge in [-0.1, -0.05) is 32.9 Å². The van der Waals surface area contributed by atoms with Crippen molar-refractivity contribution in [3.05, 3.63) is 29.8 Å². The van der Waals surface area contributed by atoms with Gasteiger partial charge in [-0.15, -0.1) is 12.4 Å². The summed E-state index contributed by atoms with van der Waals surface area (Å²) in [5.41, 5.74) is 6.95. The van der Waals surface area contributed by atoms with Crippen molar-refractivity contribution < 1.29 is 9.84 Å². The molecular formula is C14H24ClNO2. The van der Waals surface area contributed by atoms with Gasteiger partial charge in [0, 0.05) is 6.04 Å². The zero-order chi connectivity index (χ0) is 13.1. The average Bonchev–Trinajstić information content (AvgIpc) is 2.27. The third-order valence-corrected chi connectivity index (χ3v) is 3.09. The van der Waals surface area contributed by atoms with E-state index in [1.165, 1.54) is 0 Å². The fraction of sp³-hybridized carbons (Fsp3) is 0.571. The number of methoxy groups -OCH3 is 1. The highest BCUT2D eigenvalue weighted by Gasteiger charge is 2.23. The van der Waals surface area contributed by atoms with Crippen LogP contribution in [0.15, 0.2) is 24.3 Å². The number of ether oxygens (including phenoxy) is 1. The number of rotatable bonds is 4. The number of aliphatic hydroxyl groups is 1. The van der Waals surface area contributed by atoms with Gasteiger partial charge in [0.25, 0.3) is 0 Å². The van der Waals surface area contributed by atoms with E-state index in [1.54, 1.807) is 7.11 Å². The third kappa shape index (κ3) is 4.84. The Bertz CT molecular complexity index is 346. The summed E-state index contributed by atoms with van der Waals surface area (Å²) >= 11 is 0. The van der Waals surface area contributed by atoms with Crippen LogP contribution in [0.5, 0.6) is 5.75 Å². The largest absolute Gasteiger partial charge is 0.497 e. The second-order valence-corrected chi connectivity index (χ2v) is 5.50. The first-order valence-corrected chi connectivity index (χ1v) is 5.92. The lowest BCUT2D eigenvalue weighted by atomic mass is 9.83. The fourth-order valence-corrected chi connectivity index (χ4v) is 1.56. The predicted molar refractivity (Wildman–Crippen MR) is 77.2 cm³/mol. The molecule has 18 heavy (non-hydrogen) atoms. The van der Waals surface area contributed by atoms with Crippen LogP contribution in [0.1, 0.15) is 38.9 Å². The first kappa shape index (κ1) is 17.2. The summed E-state index contributed by atoms with van der Waals surface area (Å²) in [4.78, 5) is 0. The van der Waals surface area contributed by atoms with Crippen molar-refractivity contribution in [1.82, 2.24) is 0 Å². The molecule has 0 aliphatic carbocycles. The van der Waals surface area contributed by atoms with Crippen molar-refractivity contribution in [2.75, 3.05) is 7.11 Å². The van der Waals surface area contributed by atoms with Crippen LogP contribution in [0, 0.1) is 5.41 Å². The van der Waals surface area contributed by atoms with E-state index in [2.05, 4.69) is 20.8 Å². The maximum absolute atomic E-state index is 10.1. The Labute approximate surface area is 116 Å². The molecule has 0 heterocycles. The lowest BCUT2D eigenvalue weighted by Gasteiger charge is -2.29. The first-order valence-electron chi connectivity index (χ1n) is 5.92. The van der Waals surface area contributed by atoms with Gasteiger partial charge in [-0.3, -0.25) is 0 Å². The van der Waals surface area contributed by atoms with Gasteiger partial charge in [0.15, 0.2) is 0 Å². The lowest BCUT2D eigenvalue weighted by Crippen LogP contribution is -2.36. The van der Waals surface area contributed by atoms with Gasteiger partial charge in [-0.05, 0) is 29.5 Å². The fourth-order valence-electron chi connectivity index (χ4n) is 1.56. The molecule has 3 nitrogen and oxygen atoms in total. The maximum atomic E-state index is 10.1. The second kappa shape index (κ2) is 6.98. The highest BCUT2D eigenvalue weighted by molar-refractivity contribution is 5.85. The molecule has 0 saturated heterocycles. The Hall–Kier alpha value is -0.770. The maximum Gasteiger partial charge on any atom is 0.118 e. The molecule has 0 unspecified atom stereocenters. The molecule has 3 N–H and O–H groups in total. The molecule has 0 amide bonds. The van der Waals surface area contributed by atoms with E-state index in [9.17, 15) is 5.11 Å². The molecule has 0 spiro atoms. The van der Waals surface area contributed by atoms with Crippen molar-refractivity contribution >= 4 is 12.4 Å². The molecule has 0 aliphatic rings. The zero-order valence-electron chi connectivity index (χ0n) is 11.5. The molecule has 1 aromatic rings. The van der Waals surface area contributed by atoms with Crippen LogP contribution in [0.25, 0.3) is 0 Å². The summed E-state index contributed by atoms with van der Waals surface area (Å²) < 4.78 is 5.08. The summed E-state index contributed by atoms with van der Waals surface area (Å²) in [5.74, 6) is 0.793. The number of hydrogen-bond acceptors (Lipinski definition) is 3. The van der Waals surface area contributed by atoms with Gasteiger partial charge in [-0.25, -0.2) is 0 Å². The van der Waals surface area contributed by atoms with E-state index in [0.717, 1.165) is 11.3 Å². The van der Waals surface area contributed by atoms with Crippen LogP contribution < -0.4 is 10.5 Å². The molecule has 0 fully saturated rings. The summed E-state index contributed by atoms with van der Waals surface area (Å²) in [6.07, 6.45) is 0.0469. The molecule has 0 radical (unpaired) electrons.